The van der Waals surface area contributed by atoms with E-state index in [0.717, 1.165) is 18.8 Å². The van der Waals surface area contributed by atoms with Gasteiger partial charge in [-0.2, -0.15) is 0 Å². The van der Waals surface area contributed by atoms with Gasteiger partial charge in [-0.05, 0) is 18.3 Å². The highest BCUT2D eigenvalue weighted by Crippen LogP contribution is 2.24. The third-order valence-corrected chi connectivity index (χ3v) is 3.30. The smallest absolute Gasteiger partial charge is 0.218 e. The second-order valence-electron chi connectivity index (χ2n) is 6.06. The molecule has 0 amide bonds. The largest absolute Gasteiger partial charge is 0.478 e. The molecule has 0 spiro atoms. The highest BCUT2D eigenvalue weighted by Gasteiger charge is 2.17. The lowest BCUT2D eigenvalue weighted by molar-refractivity contribution is 0.304. The van der Waals surface area contributed by atoms with E-state index in [0.29, 0.717) is 12.5 Å². The Morgan fingerprint density at radius 2 is 1.95 bits per heavy atom. The molecule has 0 aromatic carbocycles. The first kappa shape index (κ1) is 16.7. The average molecular weight is 279 g/mol. The van der Waals surface area contributed by atoms with Gasteiger partial charge in [-0.25, -0.2) is 9.97 Å². The van der Waals surface area contributed by atoms with Gasteiger partial charge in [-0.15, -0.1) is 0 Å². The van der Waals surface area contributed by atoms with Crippen molar-refractivity contribution in [2.45, 2.75) is 59.8 Å². The minimum atomic E-state index is 0.282. The van der Waals surface area contributed by atoms with Crippen LogP contribution in [0.15, 0.2) is 12.4 Å². The summed E-state index contributed by atoms with van der Waals surface area (Å²) in [5.74, 6) is 1.49. The molecule has 1 aromatic heterocycles. The Hall–Kier alpha value is -1.32. The number of aromatic nitrogens is 2. The van der Waals surface area contributed by atoms with Crippen molar-refractivity contribution in [3.63, 3.8) is 0 Å². The van der Waals surface area contributed by atoms with Gasteiger partial charge >= 0.3 is 0 Å². The fourth-order valence-corrected chi connectivity index (χ4v) is 1.99. The first-order valence-electron chi connectivity index (χ1n) is 7.76. The molecule has 0 bridgehead atoms. The maximum atomic E-state index is 5.52. The van der Waals surface area contributed by atoms with E-state index < -0.39 is 0 Å². The van der Waals surface area contributed by atoms with Crippen molar-refractivity contribution in [3.05, 3.63) is 12.4 Å². The van der Waals surface area contributed by atoms with Gasteiger partial charge in [-0.1, -0.05) is 47.0 Å². The number of ether oxygens (including phenoxy) is 1. The lowest BCUT2D eigenvalue weighted by atomic mass is 9.87. The van der Waals surface area contributed by atoms with Crippen LogP contribution in [0.5, 0.6) is 5.88 Å². The van der Waals surface area contributed by atoms with E-state index in [4.69, 9.17) is 4.74 Å². The number of anilines is 1. The quantitative estimate of drug-likeness (QED) is 0.649. The topological polar surface area (TPSA) is 47.0 Å². The predicted octanol–water partition coefficient (Wildman–Crippen LogP) is 4.28. The monoisotopic (exact) mass is 279 g/mol. The second-order valence-corrected chi connectivity index (χ2v) is 6.06. The zero-order chi connectivity index (χ0) is 14.8. The Morgan fingerprint density at radius 3 is 2.65 bits per heavy atom. The van der Waals surface area contributed by atoms with Crippen molar-refractivity contribution in [2.24, 2.45) is 5.41 Å². The Balaban J connectivity index is 2.43. The Labute approximate surface area is 123 Å². The summed E-state index contributed by atoms with van der Waals surface area (Å²) >= 11 is 0. The van der Waals surface area contributed by atoms with Crippen LogP contribution in [0.25, 0.3) is 0 Å². The van der Waals surface area contributed by atoms with E-state index in [-0.39, 0.29) is 5.41 Å². The lowest BCUT2D eigenvalue weighted by Gasteiger charge is -2.25. The summed E-state index contributed by atoms with van der Waals surface area (Å²) in [6.07, 6.45) is 7.64. The molecule has 1 heterocycles. The zero-order valence-electron chi connectivity index (χ0n) is 13.4. The Morgan fingerprint density at radius 1 is 1.15 bits per heavy atom. The molecule has 0 aliphatic rings. The maximum Gasteiger partial charge on any atom is 0.218 e. The molecule has 0 unspecified atom stereocenters. The minimum Gasteiger partial charge on any atom is -0.478 e. The van der Waals surface area contributed by atoms with Crippen LogP contribution in [0.1, 0.15) is 59.8 Å². The van der Waals surface area contributed by atoms with Crippen molar-refractivity contribution >= 4 is 5.82 Å². The van der Waals surface area contributed by atoms with Crippen LogP contribution in [0, 0.1) is 5.41 Å². The van der Waals surface area contributed by atoms with Gasteiger partial charge in [0.05, 0.1) is 6.61 Å². The van der Waals surface area contributed by atoms with Crippen molar-refractivity contribution in [2.75, 3.05) is 18.5 Å². The molecule has 0 fully saturated rings. The summed E-state index contributed by atoms with van der Waals surface area (Å²) in [6.45, 7) is 10.5. The van der Waals surface area contributed by atoms with Crippen LogP contribution >= 0.6 is 0 Å². The fourth-order valence-electron chi connectivity index (χ4n) is 1.99. The number of rotatable bonds is 10. The molecule has 4 nitrogen and oxygen atoms in total. The third-order valence-electron chi connectivity index (χ3n) is 3.30. The van der Waals surface area contributed by atoms with E-state index >= 15 is 0 Å². The van der Waals surface area contributed by atoms with E-state index in [1.807, 2.05) is 6.07 Å². The number of nitrogens with zero attached hydrogens (tertiary/aromatic N) is 2. The highest BCUT2D eigenvalue weighted by atomic mass is 16.5. The molecular weight excluding hydrogens is 250 g/mol. The molecule has 0 aliphatic carbocycles. The Kier molecular flexibility index (Phi) is 7.34. The standard InChI is InChI=1S/C16H29N3O/c1-5-7-8-9-16(3,4)12-17-14-11-15(19-13-18-14)20-10-6-2/h11,13H,5-10,12H2,1-4H3,(H,17,18,19). The van der Waals surface area contributed by atoms with E-state index in [9.17, 15) is 0 Å². The van der Waals surface area contributed by atoms with Gasteiger partial charge in [0, 0.05) is 12.6 Å². The molecule has 1 rings (SSSR count). The van der Waals surface area contributed by atoms with Crippen LogP contribution in [0.3, 0.4) is 0 Å². The fraction of sp³-hybridized carbons (Fsp3) is 0.750. The van der Waals surface area contributed by atoms with Crippen molar-refractivity contribution in [1.29, 1.82) is 0 Å². The summed E-state index contributed by atoms with van der Waals surface area (Å²) in [7, 11) is 0. The van der Waals surface area contributed by atoms with Crippen LogP contribution in [-0.2, 0) is 0 Å². The summed E-state index contributed by atoms with van der Waals surface area (Å²) in [4.78, 5) is 8.35. The molecule has 114 valence electrons. The predicted molar refractivity (Wildman–Crippen MR) is 84.2 cm³/mol. The lowest BCUT2D eigenvalue weighted by Crippen LogP contribution is -2.23. The molecule has 0 aliphatic heterocycles. The van der Waals surface area contributed by atoms with Gasteiger partial charge < -0.3 is 10.1 Å². The third kappa shape index (κ3) is 6.73. The highest BCUT2D eigenvalue weighted by molar-refractivity contribution is 5.37. The van der Waals surface area contributed by atoms with Crippen molar-refractivity contribution < 1.29 is 4.74 Å². The van der Waals surface area contributed by atoms with E-state index in [1.54, 1.807) is 6.33 Å². The van der Waals surface area contributed by atoms with Gasteiger partial charge in [0.1, 0.15) is 12.1 Å². The molecule has 0 saturated carbocycles. The van der Waals surface area contributed by atoms with E-state index in [2.05, 4.69) is 43.0 Å². The summed E-state index contributed by atoms with van der Waals surface area (Å²) in [5.41, 5.74) is 0.282. The molecular formula is C16H29N3O. The van der Waals surface area contributed by atoms with Crippen molar-refractivity contribution in [3.8, 4) is 5.88 Å². The number of nitrogens with one attached hydrogen (secondary N) is 1. The summed E-state index contributed by atoms with van der Waals surface area (Å²) in [5, 5.41) is 3.40. The average Bonchev–Trinajstić information content (AvgIpc) is 2.44. The molecule has 1 aromatic rings. The number of unbranched alkanes of at least 4 members (excludes halogenated alkanes) is 2. The van der Waals surface area contributed by atoms with Crippen LogP contribution in [0.4, 0.5) is 5.82 Å². The first-order chi connectivity index (χ1) is 9.57. The van der Waals surface area contributed by atoms with E-state index in [1.165, 1.54) is 25.7 Å². The van der Waals surface area contributed by atoms with Crippen molar-refractivity contribution in [1.82, 2.24) is 9.97 Å². The minimum absolute atomic E-state index is 0.282. The van der Waals surface area contributed by atoms with Gasteiger partial charge in [0.2, 0.25) is 5.88 Å². The molecule has 0 saturated heterocycles. The summed E-state index contributed by atoms with van der Waals surface area (Å²) in [6, 6.07) is 1.87. The van der Waals surface area contributed by atoms with Gasteiger partial charge in [0.25, 0.3) is 0 Å². The molecule has 20 heavy (non-hydrogen) atoms. The Bertz CT molecular complexity index is 380. The van der Waals surface area contributed by atoms with Crippen LogP contribution in [-0.4, -0.2) is 23.1 Å². The normalized spacial score (nSPS) is 11.4. The zero-order valence-corrected chi connectivity index (χ0v) is 13.4. The maximum absolute atomic E-state index is 5.52. The molecule has 0 atom stereocenters. The van der Waals surface area contributed by atoms with Gasteiger partial charge in [0.15, 0.2) is 0 Å². The molecule has 1 N–H and O–H groups in total. The van der Waals surface area contributed by atoms with Crippen LogP contribution in [0.2, 0.25) is 0 Å². The number of hydrogen-bond acceptors (Lipinski definition) is 4. The molecule has 0 radical (unpaired) electrons. The second kappa shape index (κ2) is 8.77. The summed E-state index contributed by atoms with van der Waals surface area (Å²) < 4.78 is 5.52. The van der Waals surface area contributed by atoms with Gasteiger partial charge in [-0.3, -0.25) is 0 Å². The first-order valence-corrected chi connectivity index (χ1v) is 7.76. The van der Waals surface area contributed by atoms with Crippen LogP contribution < -0.4 is 10.1 Å². The number of hydrogen-bond donors (Lipinski definition) is 1. The molecule has 4 heteroatoms. The SMILES string of the molecule is CCCCCC(C)(C)CNc1cc(OCCC)ncn1.